The van der Waals surface area contributed by atoms with Crippen LogP contribution in [0.15, 0.2) is 16.6 Å². The molecule has 2 rings (SSSR count). The molecule has 21 heavy (non-hydrogen) atoms. The van der Waals surface area contributed by atoms with Gasteiger partial charge in [-0.1, -0.05) is 0 Å². The van der Waals surface area contributed by atoms with Crippen molar-refractivity contribution in [2.45, 2.75) is 31.3 Å². The van der Waals surface area contributed by atoms with Gasteiger partial charge in [-0.3, -0.25) is 4.79 Å². The maximum Gasteiger partial charge on any atom is 0.241 e. The van der Waals surface area contributed by atoms with E-state index in [1.54, 1.807) is 11.8 Å². The van der Waals surface area contributed by atoms with Crippen molar-refractivity contribution in [2.24, 2.45) is 0 Å². The van der Waals surface area contributed by atoms with E-state index in [4.69, 9.17) is 0 Å². The van der Waals surface area contributed by atoms with Crippen LogP contribution in [-0.2, 0) is 4.79 Å². The number of benzene rings is 1. The van der Waals surface area contributed by atoms with Crippen molar-refractivity contribution in [3.8, 4) is 0 Å². The van der Waals surface area contributed by atoms with E-state index in [0.717, 1.165) is 24.7 Å². The molecule has 1 aromatic rings. The van der Waals surface area contributed by atoms with E-state index >= 15 is 0 Å². The van der Waals surface area contributed by atoms with Crippen LogP contribution in [0.3, 0.4) is 0 Å². The van der Waals surface area contributed by atoms with Gasteiger partial charge in [-0.2, -0.15) is 11.8 Å². The number of amides is 1. The Bertz CT molecular complexity index is 526. The van der Waals surface area contributed by atoms with E-state index in [-0.39, 0.29) is 22.1 Å². The van der Waals surface area contributed by atoms with Crippen molar-refractivity contribution in [1.29, 1.82) is 0 Å². The maximum atomic E-state index is 13.7. The van der Waals surface area contributed by atoms with Gasteiger partial charge in [0.2, 0.25) is 5.91 Å². The van der Waals surface area contributed by atoms with Gasteiger partial charge in [-0.25, -0.2) is 8.78 Å². The second-order valence-corrected chi connectivity index (χ2v) is 6.85. The number of carbonyl (C=O) groups is 1. The fraction of sp³-hybridized carbons (Fsp3) is 0.500. The Morgan fingerprint density at radius 3 is 2.76 bits per heavy atom. The van der Waals surface area contributed by atoms with Crippen LogP contribution in [0.2, 0.25) is 0 Å². The zero-order valence-electron chi connectivity index (χ0n) is 11.6. The number of thioether (sulfide) groups is 1. The van der Waals surface area contributed by atoms with Crippen molar-refractivity contribution in [3.63, 3.8) is 0 Å². The number of anilines is 1. The molecular formula is C14H17BrF2N2OS. The first kappa shape index (κ1) is 16.7. The molecule has 1 unspecified atom stereocenters. The van der Waals surface area contributed by atoms with Crippen molar-refractivity contribution < 1.29 is 13.6 Å². The summed E-state index contributed by atoms with van der Waals surface area (Å²) < 4.78 is 27.0. The Kier molecular flexibility index (Phi) is 6.01. The van der Waals surface area contributed by atoms with Crippen molar-refractivity contribution in [3.05, 3.63) is 28.2 Å². The average Bonchev–Trinajstić information content (AvgIpc) is 3.24. The van der Waals surface area contributed by atoms with Gasteiger partial charge in [0, 0.05) is 12.1 Å². The van der Waals surface area contributed by atoms with Crippen molar-refractivity contribution in [1.82, 2.24) is 5.32 Å². The van der Waals surface area contributed by atoms with Crippen molar-refractivity contribution >= 4 is 39.3 Å². The molecule has 1 saturated carbocycles. The Balaban J connectivity index is 2.04. The van der Waals surface area contributed by atoms with Crippen LogP contribution in [0, 0.1) is 11.6 Å². The third kappa shape index (κ3) is 4.93. The third-order valence-corrected chi connectivity index (χ3v) is 4.46. The zero-order chi connectivity index (χ0) is 15.4. The smallest absolute Gasteiger partial charge is 0.241 e. The SMILES string of the molecule is CSCCC(NC1CC1)C(=O)Nc1cc(Br)c(F)cc1F. The van der Waals surface area contributed by atoms with Gasteiger partial charge in [0.15, 0.2) is 0 Å². The van der Waals surface area contributed by atoms with Crippen LogP contribution >= 0.6 is 27.7 Å². The largest absolute Gasteiger partial charge is 0.322 e. The number of rotatable bonds is 7. The predicted octanol–water partition coefficient (Wildman–Crippen LogP) is 3.54. The fourth-order valence-corrected chi connectivity index (χ4v) is 2.71. The Morgan fingerprint density at radius 1 is 1.43 bits per heavy atom. The molecule has 0 aromatic heterocycles. The summed E-state index contributed by atoms with van der Waals surface area (Å²) in [5.74, 6) is -0.916. The molecule has 1 aliphatic rings. The number of nitrogens with one attached hydrogen (secondary N) is 2. The summed E-state index contributed by atoms with van der Waals surface area (Å²) >= 11 is 4.65. The highest BCUT2D eigenvalue weighted by Gasteiger charge is 2.28. The molecule has 0 bridgehead atoms. The van der Waals surface area contributed by atoms with Gasteiger partial charge in [-0.15, -0.1) is 0 Å². The predicted molar refractivity (Wildman–Crippen MR) is 85.6 cm³/mol. The van der Waals surface area contributed by atoms with Crippen LogP contribution in [0.25, 0.3) is 0 Å². The normalized spacial score (nSPS) is 15.8. The van der Waals surface area contributed by atoms with E-state index in [1.807, 2.05) is 6.26 Å². The summed E-state index contributed by atoms with van der Waals surface area (Å²) in [5.41, 5.74) is -0.0139. The van der Waals surface area contributed by atoms with Gasteiger partial charge in [0.1, 0.15) is 11.6 Å². The standard InChI is InChI=1S/C14H17BrF2N2OS/c1-21-5-4-12(18-8-2-3-8)14(20)19-13-6-9(15)10(16)7-11(13)17/h6-8,12,18H,2-5H2,1H3,(H,19,20). The molecule has 1 atom stereocenters. The highest BCUT2D eigenvalue weighted by atomic mass is 79.9. The molecule has 0 radical (unpaired) electrons. The first-order valence-corrected chi connectivity index (χ1v) is 8.90. The summed E-state index contributed by atoms with van der Waals surface area (Å²) in [7, 11) is 0. The van der Waals surface area contributed by atoms with Gasteiger partial charge < -0.3 is 10.6 Å². The number of hydrogen-bond acceptors (Lipinski definition) is 3. The molecule has 1 amide bonds. The molecule has 1 fully saturated rings. The molecule has 7 heteroatoms. The average molecular weight is 379 g/mol. The molecular weight excluding hydrogens is 362 g/mol. The maximum absolute atomic E-state index is 13.7. The summed E-state index contributed by atoms with van der Waals surface area (Å²) in [4.78, 5) is 12.3. The fourth-order valence-electron chi connectivity index (χ4n) is 1.90. The quantitative estimate of drug-likeness (QED) is 0.713. The van der Waals surface area contributed by atoms with Gasteiger partial charge in [0.05, 0.1) is 16.2 Å². The van der Waals surface area contributed by atoms with Crippen molar-refractivity contribution in [2.75, 3.05) is 17.3 Å². The van der Waals surface area contributed by atoms with E-state index in [2.05, 4.69) is 26.6 Å². The molecule has 0 aliphatic heterocycles. The second kappa shape index (κ2) is 7.56. The van der Waals surface area contributed by atoms with Gasteiger partial charge >= 0.3 is 0 Å². The van der Waals surface area contributed by atoms with Gasteiger partial charge in [0.25, 0.3) is 0 Å². The first-order chi connectivity index (χ1) is 10.0. The molecule has 1 aromatic carbocycles. The van der Waals surface area contributed by atoms with Gasteiger partial charge in [-0.05, 0) is 53.3 Å². The first-order valence-electron chi connectivity index (χ1n) is 6.71. The Labute approximate surface area is 135 Å². The Hall–Kier alpha value is -0.660. The Morgan fingerprint density at radius 2 is 2.14 bits per heavy atom. The summed E-state index contributed by atoms with van der Waals surface area (Å²) in [6.07, 6.45) is 4.79. The molecule has 0 saturated heterocycles. The number of hydrogen-bond donors (Lipinski definition) is 2. The summed E-state index contributed by atoms with van der Waals surface area (Å²) in [6.45, 7) is 0. The van der Waals surface area contributed by atoms with Crippen LogP contribution in [-0.4, -0.2) is 30.0 Å². The molecule has 1 aliphatic carbocycles. The summed E-state index contributed by atoms with van der Waals surface area (Å²) in [5, 5.41) is 5.80. The minimum Gasteiger partial charge on any atom is -0.322 e. The highest BCUT2D eigenvalue weighted by Crippen LogP contribution is 2.25. The number of carbonyl (C=O) groups excluding carboxylic acids is 1. The lowest BCUT2D eigenvalue weighted by Gasteiger charge is -2.18. The number of halogens is 3. The topological polar surface area (TPSA) is 41.1 Å². The van der Waals surface area contributed by atoms with E-state index in [0.29, 0.717) is 12.5 Å². The monoisotopic (exact) mass is 378 g/mol. The molecule has 116 valence electrons. The third-order valence-electron chi connectivity index (χ3n) is 3.21. The minimum atomic E-state index is -0.779. The molecule has 2 N–H and O–H groups in total. The van der Waals surface area contributed by atoms with Crippen LogP contribution in [0.1, 0.15) is 19.3 Å². The highest BCUT2D eigenvalue weighted by molar-refractivity contribution is 9.10. The minimum absolute atomic E-state index is 0.0139. The van der Waals surface area contributed by atoms with E-state index in [9.17, 15) is 13.6 Å². The molecule has 0 spiro atoms. The zero-order valence-corrected chi connectivity index (χ0v) is 14.0. The lowest BCUT2D eigenvalue weighted by molar-refractivity contribution is -0.118. The molecule has 0 heterocycles. The van der Waals surface area contributed by atoms with Crippen LogP contribution in [0.5, 0.6) is 0 Å². The van der Waals surface area contributed by atoms with Crippen LogP contribution in [0.4, 0.5) is 14.5 Å². The lowest BCUT2D eigenvalue weighted by atomic mass is 10.2. The van der Waals surface area contributed by atoms with E-state index in [1.165, 1.54) is 6.07 Å². The molecule has 3 nitrogen and oxygen atoms in total. The lowest BCUT2D eigenvalue weighted by Crippen LogP contribution is -2.42. The second-order valence-electron chi connectivity index (χ2n) is 5.01. The van der Waals surface area contributed by atoms with Crippen LogP contribution < -0.4 is 10.6 Å². The van der Waals surface area contributed by atoms with E-state index < -0.39 is 11.6 Å². The summed E-state index contributed by atoms with van der Waals surface area (Å²) in [6, 6.07) is 2.02.